The van der Waals surface area contributed by atoms with Gasteiger partial charge in [-0.2, -0.15) is 5.10 Å². The molecule has 0 unspecified atom stereocenters. The van der Waals surface area contributed by atoms with Crippen LogP contribution in [0.2, 0.25) is 0 Å². The van der Waals surface area contributed by atoms with Gasteiger partial charge in [0.25, 0.3) is 0 Å². The first-order chi connectivity index (χ1) is 10.1. The molecule has 21 heavy (non-hydrogen) atoms. The number of carbonyl (C=O) groups is 2. The highest BCUT2D eigenvalue weighted by atomic mass is 16.4. The summed E-state index contributed by atoms with van der Waals surface area (Å²) in [6.45, 7) is 2.14. The van der Waals surface area contributed by atoms with Crippen LogP contribution in [0.25, 0.3) is 0 Å². The molecule has 8 nitrogen and oxygen atoms in total. The SMILES string of the molecule is Cc1cc(C(=O)O)ccc1NC(=O)NCCc1ncn[nH]1. The summed E-state index contributed by atoms with van der Waals surface area (Å²) in [5.41, 5.74) is 1.43. The van der Waals surface area contributed by atoms with Crippen molar-refractivity contribution in [3.63, 3.8) is 0 Å². The Bertz CT molecular complexity index is 639. The zero-order valence-corrected chi connectivity index (χ0v) is 11.4. The van der Waals surface area contributed by atoms with Crippen LogP contribution in [0.3, 0.4) is 0 Å². The third-order valence-electron chi connectivity index (χ3n) is 2.83. The number of aromatic nitrogens is 3. The third-order valence-corrected chi connectivity index (χ3v) is 2.83. The highest BCUT2D eigenvalue weighted by molar-refractivity contribution is 5.92. The fourth-order valence-electron chi connectivity index (χ4n) is 1.75. The van der Waals surface area contributed by atoms with Gasteiger partial charge in [-0.25, -0.2) is 14.6 Å². The van der Waals surface area contributed by atoms with Gasteiger partial charge in [-0.3, -0.25) is 5.10 Å². The van der Waals surface area contributed by atoms with E-state index in [2.05, 4.69) is 25.8 Å². The Hall–Kier alpha value is -2.90. The number of carboxylic acids is 1. The number of aryl methyl sites for hydroxylation is 1. The van der Waals surface area contributed by atoms with Crippen LogP contribution < -0.4 is 10.6 Å². The maximum Gasteiger partial charge on any atom is 0.335 e. The summed E-state index contributed by atoms with van der Waals surface area (Å²) in [6.07, 6.45) is 1.95. The van der Waals surface area contributed by atoms with Gasteiger partial charge < -0.3 is 15.7 Å². The molecule has 2 amide bonds. The number of amides is 2. The van der Waals surface area contributed by atoms with Gasteiger partial charge in [0.1, 0.15) is 12.2 Å². The maximum absolute atomic E-state index is 11.7. The number of nitrogens with one attached hydrogen (secondary N) is 3. The van der Waals surface area contributed by atoms with Crippen molar-refractivity contribution in [2.24, 2.45) is 0 Å². The average Bonchev–Trinajstić information content (AvgIpc) is 2.94. The second-order valence-corrected chi connectivity index (χ2v) is 4.40. The fourth-order valence-corrected chi connectivity index (χ4v) is 1.75. The summed E-state index contributed by atoms with van der Waals surface area (Å²) >= 11 is 0. The Kier molecular flexibility index (Phi) is 4.50. The number of aromatic carboxylic acids is 1. The van der Waals surface area contributed by atoms with E-state index < -0.39 is 5.97 Å². The number of aromatic amines is 1. The molecule has 1 aromatic carbocycles. The van der Waals surface area contributed by atoms with Gasteiger partial charge in [-0.05, 0) is 30.7 Å². The van der Waals surface area contributed by atoms with Crippen LogP contribution in [0, 0.1) is 6.92 Å². The van der Waals surface area contributed by atoms with Gasteiger partial charge in [0.15, 0.2) is 0 Å². The molecule has 2 rings (SSSR count). The number of benzene rings is 1. The van der Waals surface area contributed by atoms with Crippen LogP contribution in [0.4, 0.5) is 10.5 Å². The van der Waals surface area contributed by atoms with E-state index >= 15 is 0 Å². The van der Waals surface area contributed by atoms with E-state index in [0.717, 1.165) is 0 Å². The lowest BCUT2D eigenvalue weighted by Crippen LogP contribution is -2.30. The summed E-state index contributed by atoms with van der Waals surface area (Å²) in [5.74, 6) is -0.307. The second-order valence-electron chi connectivity index (χ2n) is 4.40. The summed E-state index contributed by atoms with van der Waals surface area (Å²) in [4.78, 5) is 26.5. The third kappa shape index (κ3) is 4.03. The smallest absolute Gasteiger partial charge is 0.335 e. The van der Waals surface area contributed by atoms with Crippen molar-refractivity contribution in [1.82, 2.24) is 20.5 Å². The molecule has 8 heteroatoms. The van der Waals surface area contributed by atoms with E-state index in [0.29, 0.717) is 30.0 Å². The molecule has 2 aromatic rings. The Morgan fingerprint density at radius 3 is 2.81 bits per heavy atom. The van der Waals surface area contributed by atoms with Crippen molar-refractivity contribution >= 4 is 17.7 Å². The first kappa shape index (κ1) is 14.5. The maximum atomic E-state index is 11.7. The van der Waals surface area contributed by atoms with Crippen LogP contribution in [0.5, 0.6) is 0 Å². The summed E-state index contributed by atoms with van der Waals surface area (Å²) < 4.78 is 0. The standard InChI is InChI=1S/C13H15N5O3/c1-8-6-9(12(19)20)2-3-10(8)17-13(21)14-5-4-11-15-7-16-18-11/h2-3,6-7H,4-5H2,1H3,(H,19,20)(H2,14,17,21)(H,15,16,18). The normalized spacial score (nSPS) is 10.1. The molecule has 0 radical (unpaired) electrons. The number of rotatable bonds is 5. The van der Waals surface area contributed by atoms with E-state index in [1.807, 2.05) is 0 Å². The zero-order valence-electron chi connectivity index (χ0n) is 11.4. The molecule has 1 heterocycles. The lowest BCUT2D eigenvalue weighted by molar-refractivity contribution is 0.0697. The molecule has 0 saturated heterocycles. The Labute approximate surface area is 120 Å². The first-order valence-electron chi connectivity index (χ1n) is 6.29. The minimum atomic E-state index is -0.999. The van der Waals surface area contributed by atoms with E-state index in [4.69, 9.17) is 5.11 Å². The lowest BCUT2D eigenvalue weighted by atomic mass is 10.1. The molecule has 0 atom stereocenters. The van der Waals surface area contributed by atoms with Gasteiger partial charge >= 0.3 is 12.0 Å². The van der Waals surface area contributed by atoms with Crippen LogP contribution in [-0.2, 0) is 6.42 Å². The van der Waals surface area contributed by atoms with Crippen LogP contribution in [-0.4, -0.2) is 38.8 Å². The van der Waals surface area contributed by atoms with E-state index in [1.165, 1.54) is 18.5 Å². The predicted octanol–water partition coefficient (Wildman–Crippen LogP) is 1.18. The number of anilines is 1. The molecular weight excluding hydrogens is 274 g/mol. The minimum absolute atomic E-state index is 0.184. The Balaban J connectivity index is 1.86. The molecule has 0 aliphatic rings. The second kappa shape index (κ2) is 6.51. The molecule has 0 aliphatic carbocycles. The summed E-state index contributed by atoms with van der Waals surface area (Å²) in [5, 5.41) is 20.6. The number of hydrogen-bond acceptors (Lipinski definition) is 4. The Morgan fingerprint density at radius 1 is 1.38 bits per heavy atom. The van der Waals surface area contributed by atoms with Crippen LogP contribution >= 0.6 is 0 Å². The van der Waals surface area contributed by atoms with Gasteiger partial charge in [-0.15, -0.1) is 0 Å². The Morgan fingerprint density at radius 2 is 2.19 bits per heavy atom. The fraction of sp³-hybridized carbons (Fsp3) is 0.231. The number of carbonyl (C=O) groups excluding carboxylic acids is 1. The average molecular weight is 289 g/mol. The predicted molar refractivity (Wildman–Crippen MR) is 75.2 cm³/mol. The molecule has 1 aromatic heterocycles. The monoisotopic (exact) mass is 289 g/mol. The quantitative estimate of drug-likeness (QED) is 0.658. The van der Waals surface area contributed by atoms with Crippen molar-refractivity contribution in [2.75, 3.05) is 11.9 Å². The molecule has 0 bridgehead atoms. The number of hydrogen-bond donors (Lipinski definition) is 4. The summed E-state index contributed by atoms with van der Waals surface area (Å²) in [6, 6.07) is 4.15. The van der Waals surface area contributed by atoms with Crippen molar-refractivity contribution in [3.05, 3.63) is 41.5 Å². The molecule has 0 aliphatic heterocycles. The van der Waals surface area contributed by atoms with Gasteiger partial charge in [0.05, 0.1) is 5.56 Å². The van der Waals surface area contributed by atoms with Crippen molar-refractivity contribution in [3.8, 4) is 0 Å². The van der Waals surface area contributed by atoms with Gasteiger partial charge in [0.2, 0.25) is 0 Å². The van der Waals surface area contributed by atoms with Crippen molar-refractivity contribution in [1.29, 1.82) is 0 Å². The zero-order chi connectivity index (χ0) is 15.2. The van der Waals surface area contributed by atoms with Crippen molar-refractivity contribution < 1.29 is 14.7 Å². The minimum Gasteiger partial charge on any atom is -0.478 e. The molecule has 0 saturated carbocycles. The molecule has 4 N–H and O–H groups in total. The van der Waals surface area contributed by atoms with Crippen molar-refractivity contribution in [2.45, 2.75) is 13.3 Å². The number of H-pyrrole nitrogens is 1. The molecule has 0 fully saturated rings. The number of nitrogens with zero attached hydrogens (tertiary/aromatic N) is 2. The van der Waals surface area contributed by atoms with Gasteiger partial charge in [0, 0.05) is 18.7 Å². The lowest BCUT2D eigenvalue weighted by Gasteiger charge is -2.10. The number of carboxylic acid groups (broad SMARTS) is 1. The molecular formula is C13H15N5O3. The van der Waals surface area contributed by atoms with Crippen LogP contribution in [0.15, 0.2) is 24.5 Å². The van der Waals surface area contributed by atoms with E-state index in [9.17, 15) is 9.59 Å². The van der Waals surface area contributed by atoms with Gasteiger partial charge in [-0.1, -0.05) is 0 Å². The topological polar surface area (TPSA) is 120 Å². The summed E-state index contributed by atoms with van der Waals surface area (Å²) in [7, 11) is 0. The molecule has 0 spiro atoms. The van der Waals surface area contributed by atoms with Crippen LogP contribution in [0.1, 0.15) is 21.7 Å². The largest absolute Gasteiger partial charge is 0.478 e. The highest BCUT2D eigenvalue weighted by Gasteiger charge is 2.08. The highest BCUT2D eigenvalue weighted by Crippen LogP contribution is 2.16. The van der Waals surface area contributed by atoms with E-state index in [1.54, 1.807) is 13.0 Å². The number of urea groups is 1. The van der Waals surface area contributed by atoms with E-state index in [-0.39, 0.29) is 11.6 Å². The first-order valence-corrected chi connectivity index (χ1v) is 6.29. The molecule has 110 valence electrons.